The van der Waals surface area contributed by atoms with Crippen molar-refractivity contribution in [3.05, 3.63) is 97.0 Å². The molecule has 156 valence electrons. The zero-order valence-electron chi connectivity index (χ0n) is 16.4. The summed E-state index contributed by atoms with van der Waals surface area (Å²) in [5, 5.41) is 5.21. The predicted octanol–water partition coefficient (Wildman–Crippen LogP) is 3.67. The lowest BCUT2D eigenvalue weighted by molar-refractivity contribution is -0.122. The van der Waals surface area contributed by atoms with E-state index in [1.807, 2.05) is 18.2 Å². The molecule has 2 aromatic carbocycles. The summed E-state index contributed by atoms with van der Waals surface area (Å²) in [5.74, 6) is -0.271. The number of hydrogen-bond acceptors (Lipinski definition) is 4. The summed E-state index contributed by atoms with van der Waals surface area (Å²) in [7, 11) is 0. The number of carbonyl (C=O) groups is 1. The van der Waals surface area contributed by atoms with E-state index in [-0.39, 0.29) is 18.5 Å². The Morgan fingerprint density at radius 1 is 1.13 bits per heavy atom. The number of aromatic nitrogens is 2. The van der Waals surface area contributed by atoms with Crippen LogP contribution in [0.3, 0.4) is 0 Å². The fourth-order valence-corrected chi connectivity index (χ4v) is 5.18. The molecular formula is C23H18ClN3O3S. The van der Waals surface area contributed by atoms with Crippen LogP contribution in [-0.4, -0.2) is 15.0 Å². The van der Waals surface area contributed by atoms with Crippen LogP contribution < -0.4 is 16.6 Å². The quantitative estimate of drug-likeness (QED) is 0.514. The number of carbonyl (C=O) groups excluding carboxylic acids is 1. The van der Waals surface area contributed by atoms with Crippen LogP contribution >= 0.6 is 22.9 Å². The van der Waals surface area contributed by atoms with Crippen molar-refractivity contribution in [3.8, 4) is 5.69 Å². The maximum absolute atomic E-state index is 13.3. The molecule has 0 radical (unpaired) electrons. The third-order valence-electron chi connectivity index (χ3n) is 5.59. The zero-order valence-corrected chi connectivity index (χ0v) is 17.9. The van der Waals surface area contributed by atoms with Gasteiger partial charge in [-0.1, -0.05) is 41.9 Å². The van der Waals surface area contributed by atoms with Crippen LogP contribution in [0.1, 0.15) is 23.6 Å². The molecular weight excluding hydrogens is 434 g/mol. The Morgan fingerprint density at radius 2 is 1.97 bits per heavy atom. The molecule has 8 heteroatoms. The molecule has 0 saturated heterocycles. The summed E-state index contributed by atoms with van der Waals surface area (Å²) in [4.78, 5) is 39.2. The second-order valence-electron chi connectivity index (χ2n) is 7.48. The molecule has 0 spiro atoms. The van der Waals surface area contributed by atoms with Crippen molar-refractivity contribution in [2.24, 2.45) is 0 Å². The van der Waals surface area contributed by atoms with E-state index >= 15 is 0 Å². The zero-order chi connectivity index (χ0) is 21.5. The van der Waals surface area contributed by atoms with Crippen molar-refractivity contribution in [2.45, 2.75) is 25.4 Å². The van der Waals surface area contributed by atoms with Crippen molar-refractivity contribution >= 4 is 39.1 Å². The molecule has 0 fully saturated rings. The number of thiophene rings is 1. The summed E-state index contributed by atoms with van der Waals surface area (Å²) in [6, 6.07) is 16.2. The Morgan fingerprint density at radius 3 is 2.81 bits per heavy atom. The van der Waals surface area contributed by atoms with Crippen molar-refractivity contribution < 1.29 is 4.79 Å². The molecule has 2 aromatic heterocycles. The van der Waals surface area contributed by atoms with Crippen LogP contribution in [-0.2, 0) is 17.8 Å². The second kappa shape index (κ2) is 7.83. The third kappa shape index (κ3) is 3.49. The smallest absolute Gasteiger partial charge is 0.336 e. The SMILES string of the molecule is O=C(Cn1c(=O)n(-c2cccc(Cl)c2)c(=O)c2sccc21)N[C@H]1CCc2ccccc21. The van der Waals surface area contributed by atoms with Crippen LogP contribution in [0.2, 0.25) is 5.02 Å². The van der Waals surface area contributed by atoms with E-state index in [0.717, 1.165) is 23.0 Å². The molecule has 1 N–H and O–H groups in total. The van der Waals surface area contributed by atoms with Crippen LogP contribution in [0, 0.1) is 0 Å². The van der Waals surface area contributed by atoms with Gasteiger partial charge in [0.2, 0.25) is 5.91 Å². The first-order valence-corrected chi connectivity index (χ1v) is 11.1. The average molecular weight is 452 g/mol. The molecule has 2 heterocycles. The van der Waals surface area contributed by atoms with Crippen LogP contribution in [0.25, 0.3) is 15.9 Å². The van der Waals surface area contributed by atoms with Gasteiger partial charge in [0.15, 0.2) is 0 Å². The van der Waals surface area contributed by atoms with Crippen molar-refractivity contribution in [1.82, 2.24) is 14.5 Å². The van der Waals surface area contributed by atoms with Gasteiger partial charge in [-0.25, -0.2) is 9.36 Å². The summed E-state index contributed by atoms with van der Waals surface area (Å²) in [6.07, 6.45) is 1.74. The van der Waals surface area contributed by atoms with Gasteiger partial charge in [-0.2, -0.15) is 0 Å². The van der Waals surface area contributed by atoms with Gasteiger partial charge in [-0.05, 0) is 53.6 Å². The van der Waals surface area contributed by atoms with Crippen LogP contribution in [0.15, 0.2) is 69.6 Å². The molecule has 31 heavy (non-hydrogen) atoms. The average Bonchev–Trinajstić information content (AvgIpc) is 3.39. The molecule has 6 nitrogen and oxygen atoms in total. The van der Waals surface area contributed by atoms with Crippen molar-refractivity contribution in [1.29, 1.82) is 0 Å². The number of benzene rings is 2. The molecule has 1 atom stereocenters. The van der Waals surface area contributed by atoms with Gasteiger partial charge in [0, 0.05) is 5.02 Å². The Kier molecular flexibility index (Phi) is 5.00. The fourth-order valence-electron chi connectivity index (χ4n) is 4.17. The molecule has 0 bridgehead atoms. The Bertz CT molecular complexity index is 1440. The fraction of sp³-hybridized carbons (Fsp3) is 0.174. The lowest BCUT2D eigenvalue weighted by Gasteiger charge is -2.16. The number of halogens is 1. The van der Waals surface area contributed by atoms with E-state index in [1.165, 1.54) is 21.5 Å². The van der Waals surface area contributed by atoms with Gasteiger partial charge in [-0.3, -0.25) is 14.2 Å². The number of nitrogens with zero attached hydrogens (tertiary/aromatic N) is 2. The summed E-state index contributed by atoms with van der Waals surface area (Å²) in [5.41, 5.74) is 2.20. The number of aryl methyl sites for hydroxylation is 1. The summed E-state index contributed by atoms with van der Waals surface area (Å²) >= 11 is 7.31. The highest BCUT2D eigenvalue weighted by Gasteiger charge is 2.24. The highest BCUT2D eigenvalue weighted by molar-refractivity contribution is 7.17. The van der Waals surface area contributed by atoms with Gasteiger partial charge in [-0.15, -0.1) is 11.3 Å². The van der Waals surface area contributed by atoms with Crippen LogP contribution in [0.5, 0.6) is 0 Å². The van der Waals surface area contributed by atoms with E-state index < -0.39 is 11.2 Å². The standard InChI is InChI=1S/C23H18ClN3O3S/c24-15-5-3-6-16(12-15)27-22(29)21-19(10-11-31-21)26(23(27)30)13-20(28)25-18-9-8-14-4-1-2-7-17(14)18/h1-7,10-12,18H,8-9,13H2,(H,25,28)/t18-/m0/s1. The normalized spacial score (nSPS) is 15.2. The van der Waals surface area contributed by atoms with Gasteiger partial charge in [0.25, 0.3) is 5.56 Å². The van der Waals surface area contributed by atoms with E-state index in [1.54, 1.807) is 35.7 Å². The summed E-state index contributed by atoms with van der Waals surface area (Å²) < 4.78 is 2.84. The van der Waals surface area contributed by atoms with E-state index in [2.05, 4.69) is 11.4 Å². The van der Waals surface area contributed by atoms with E-state index in [0.29, 0.717) is 20.9 Å². The highest BCUT2D eigenvalue weighted by Crippen LogP contribution is 2.30. The molecule has 0 unspecified atom stereocenters. The largest absolute Gasteiger partial charge is 0.348 e. The lowest BCUT2D eigenvalue weighted by Crippen LogP contribution is -2.41. The first kappa shape index (κ1) is 19.8. The minimum absolute atomic E-state index is 0.0730. The van der Waals surface area contributed by atoms with Gasteiger partial charge < -0.3 is 5.32 Å². The van der Waals surface area contributed by atoms with Gasteiger partial charge in [0.05, 0.1) is 17.2 Å². The molecule has 4 aromatic rings. The first-order chi connectivity index (χ1) is 15.0. The Hall–Kier alpha value is -3.16. The molecule has 5 rings (SSSR count). The number of nitrogens with one attached hydrogen (secondary N) is 1. The second-order valence-corrected chi connectivity index (χ2v) is 8.83. The lowest BCUT2D eigenvalue weighted by atomic mass is 10.1. The maximum Gasteiger partial charge on any atom is 0.336 e. The Labute approximate surface area is 186 Å². The molecule has 1 aliphatic rings. The maximum atomic E-state index is 13.3. The number of hydrogen-bond donors (Lipinski definition) is 1. The molecule has 1 aliphatic carbocycles. The molecule has 1 amide bonds. The first-order valence-electron chi connectivity index (χ1n) is 9.89. The van der Waals surface area contributed by atoms with Crippen molar-refractivity contribution in [3.63, 3.8) is 0 Å². The minimum atomic E-state index is -0.569. The summed E-state index contributed by atoms with van der Waals surface area (Å²) in [6.45, 7) is -0.175. The number of rotatable bonds is 4. The molecule has 0 saturated carbocycles. The topological polar surface area (TPSA) is 73.1 Å². The monoisotopic (exact) mass is 451 g/mol. The van der Waals surface area contributed by atoms with Crippen LogP contribution in [0.4, 0.5) is 0 Å². The van der Waals surface area contributed by atoms with E-state index in [4.69, 9.17) is 11.6 Å². The third-order valence-corrected chi connectivity index (χ3v) is 6.72. The number of fused-ring (bicyclic) bond motifs is 2. The molecule has 0 aliphatic heterocycles. The highest BCUT2D eigenvalue weighted by atomic mass is 35.5. The van der Waals surface area contributed by atoms with Gasteiger partial charge >= 0.3 is 5.69 Å². The Balaban J connectivity index is 1.53. The van der Waals surface area contributed by atoms with Crippen molar-refractivity contribution in [2.75, 3.05) is 0 Å². The van der Waals surface area contributed by atoms with E-state index in [9.17, 15) is 14.4 Å². The van der Waals surface area contributed by atoms with Gasteiger partial charge in [0.1, 0.15) is 11.2 Å². The minimum Gasteiger partial charge on any atom is -0.348 e. The predicted molar refractivity (Wildman–Crippen MR) is 122 cm³/mol. The number of amides is 1.